The number of halogens is 1. The first-order chi connectivity index (χ1) is 6.72. The van der Waals surface area contributed by atoms with Gasteiger partial charge < -0.3 is 9.67 Å². The maximum absolute atomic E-state index is 12.2. The molecule has 1 heterocycles. The molecule has 1 atom stereocenters. The van der Waals surface area contributed by atoms with E-state index in [4.69, 9.17) is 0 Å². The summed E-state index contributed by atoms with van der Waals surface area (Å²) >= 11 is 0. The summed E-state index contributed by atoms with van der Waals surface area (Å²) in [6.45, 7) is -0.738. The molecule has 0 saturated heterocycles. The van der Waals surface area contributed by atoms with Crippen LogP contribution in [0.4, 0.5) is 4.39 Å². The number of benzene rings is 1. The molecule has 2 nitrogen and oxygen atoms in total. The molecular formula is C11H12FNO. The van der Waals surface area contributed by atoms with Crippen LogP contribution in [-0.4, -0.2) is 16.3 Å². The van der Waals surface area contributed by atoms with Gasteiger partial charge >= 0.3 is 0 Å². The molecule has 0 radical (unpaired) electrons. The Labute approximate surface area is 81.6 Å². The van der Waals surface area contributed by atoms with Gasteiger partial charge in [0.15, 0.2) is 0 Å². The molecule has 74 valence electrons. The molecule has 0 fully saturated rings. The molecule has 2 rings (SSSR count). The predicted octanol–water partition coefficient (Wildman–Crippen LogP) is 2.18. The van der Waals surface area contributed by atoms with Gasteiger partial charge in [-0.3, -0.25) is 0 Å². The van der Waals surface area contributed by atoms with Crippen LogP contribution >= 0.6 is 0 Å². The summed E-state index contributed by atoms with van der Waals surface area (Å²) in [6, 6.07) is 7.42. The van der Waals surface area contributed by atoms with E-state index in [1.165, 1.54) is 0 Å². The quantitative estimate of drug-likeness (QED) is 0.777. The van der Waals surface area contributed by atoms with Gasteiger partial charge in [-0.25, -0.2) is 4.39 Å². The molecule has 0 saturated carbocycles. The Kier molecular flexibility index (Phi) is 2.25. The highest BCUT2D eigenvalue weighted by molar-refractivity contribution is 5.80. The van der Waals surface area contributed by atoms with Crippen LogP contribution in [0.25, 0.3) is 10.9 Å². The minimum Gasteiger partial charge on any atom is -0.386 e. The van der Waals surface area contributed by atoms with Gasteiger partial charge in [0.1, 0.15) is 12.8 Å². The number of nitrogens with zero attached hydrogens (tertiary/aromatic N) is 1. The zero-order valence-corrected chi connectivity index (χ0v) is 7.94. The number of alkyl halides is 1. The van der Waals surface area contributed by atoms with E-state index in [1.807, 2.05) is 36.0 Å². The summed E-state index contributed by atoms with van der Waals surface area (Å²) in [5, 5.41) is 10.3. The summed E-state index contributed by atoms with van der Waals surface area (Å²) in [5.74, 6) is 0. The molecule has 1 N–H and O–H groups in total. The normalized spacial score (nSPS) is 13.4. The molecule has 1 aromatic carbocycles. The first-order valence-corrected chi connectivity index (χ1v) is 4.51. The van der Waals surface area contributed by atoms with Crippen molar-refractivity contribution in [1.82, 2.24) is 4.57 Å². The molecule has 0 aliphatic heterocycles. The van der Waals surface area contributed by atoms with Crippen LogP contribution in [0.15, 0.2) is 30.5 Å². The van der Waals surface area contributed by atoms with Gasteiger partial charge in [0.05, 0.1) is 0 Å². The molecule has 0 bridgehead atoms. The van der Waals surface area contributed by atoms with Gasteiger partial charge in [-0.2, -0.15) is 0 Å². The van der Waals surface area contributed by atoms with Gasteiger partial charge in [-0.05, 0) is 29.1 Å². The predicted molar refractivity (Wildman–Crippen MR) is 53.9 cm³/mol. The van der Waals surface area contributed by atoms with Gasteiger partial charge in [0.2, 0.25) is 0 Å². The van der Waals surface area contributed by atoms with E-state index in [0.717, 1.165) is 10.9 Å². The largest absolute Gasteiger partial charge is 0.386 e. The second kappa shape index (κ2) is 3.42. The monoisotopic (exact) mass is 193 g/mol. The summed E-state index contributed by atoms with van der Waals surface area (Å²) in [4.78, 5) is 0. The number of aromatic nitrogens is 1. The van der Waals surface area contributed by atoms with Crippen molar-refractivity contribution < 1.29 is 9.50 Å². The Morgan fingerprint density at radius 2 is 2.21 bits per heavy atom. The molecule has 1 unspecified atom stereocenters. The van der Waals surface area contributed by atoms with Crippen molar-refractivity contribution in [3.8, 4) is 0 Å². The second-order valence-corrected chi connectivity index (χ2v) is 3.41. The first kappa shape index (κ1) is 9.21. The highest BCUT2D eigenvalue weighted by Gasteiger charge is 2.07. The summed E-state index contributed by atoms with van der Waals surface area (Å²) < 4.78 is 14.2. The number of aliphatic hydroxyl groups excluding tert-OH is 1. The number of hydrogen-bond donors (Lipinski definition) is 1. The fraction of sp³-hybridized carbons (Fsp3) is 0.273. The highest BCUT2D eigenvalue weighted by Crippen LogP contribution is 2.21. The average molecular weight is 193 g/mol. The highest BCUT2D eigenvalue weighted by atomic mass is 19.1. The Morgan fingerprint density at radius 3 is 2.93 bits per heavy atom. The third-order valence-corrected chi connectivity index (χ3v) is 2.44. The van der Waals surface area contributed by atoms with Gasteiger partial charge in [0, 0.05) is 18.8 Å². The Bertz CT molecular complexity index is 449. The van der Waals surface area contributed by atoms with Crippen molar-refractivity contribution in [2.24, 2.45) is 7.05 Å². The maximum atomic E-state index is 12.2. The SMILES string of the molecule is Cn1ccc2cc(C(O)CF)ccc21. The molecular weight excluding hydrogens is 181 g/mol. The van der Waals surface area contributed by atoms with E-state index < -0.39 is 12.8 Å². The summed E-state index contributed by atoms with van der Waals surface area (Å²) in [7, 11) is 1.95. The van der Waals surface area contributed by atoms with Crippen molar-refractivity contribution in [3.63, 3.8) is 0 Å². The Morgan fingerprint density at radius 1 is 1.43 bits per heavy atom. The van der Waals surface area contributed by atoms with Crippen molar-refractivity contribution in [2.45, 2.75) is 6.10 Å². The van der Waals surface area contributed by atoms with Crippen molar-refractivity contribution in [1.29, 1.82) is 0 Å². The van der Waals surface area contributed by atoms with Crippen LogP contribution in [0.3, 0.4) is 0 Å². The minimum atomic E-state index is -1.00. The zero-order valence-electron chi connectivity index (χ0n) is 7.94. The lowest BCUT2D eigenvalue weighted by molar-refractivity contribution is 0.142. The van der Waals surface area contributed by atoms with Gasteiger partial charge in [-0.15, -0.1) is 0 Å². The molecule has 2 aromatic rings. The Hall–Kier alpha value is -1.35. The van der Waals surface area contributed by atoms with Crippen LogP contribution < -0.4 is 0 Å². The number of fused-ring (bicyclic) bond motifs is 1. The van der Waals surface area contributed by atoms with Gasteiger partial charge in [0.25, 0.3) is 0 Å². The third kappa shape index (κ3) is 1.40. The van der Waals surface area contributed by atoms with E-state index in [0.29, 0.717) is 5.56 Å². The summed E-state index contributed by atoms with van der Waals surface area (Å²) in [5.41, 5.74) is 1.71. The average Bonchev–Trinajstić information content (AvgIpc) is 2.59. The Balaban J connectivity index is 2.52. The van der Waals surface area contributed by atoms with Crippen molar-refractivity contribution >= 4 is 10.9 Å². The van der Waals surface area contributed by atoms with E-state index in [1.54, 1.807) is 6.07 Å². The molecule has 14 heavy (non-hydrogen) atoms. The van der Waals surface area contributed by atoms with Gasteiger partial charge in [-0.1, -0.05) is 6.07 Å². The fourth-order valence-electron chi connectivity index (χ4n) is 1.60. The standard InChI is InChI=1S/C11H12FNO/c1-13-5-4-8-6-9(11(14)7-12)2-3-10(8)13/h2-6,11,14H,7H2,1H3. The molecule has 0 aliphatic rings. The topological polar surface area (TPSA) is 25.2 Å². The molecule has 0 aliphatic carbocycles. The van der Waals surface area contributed by atoms with Crippen LogP contribution in [0, 0.1) is 0 Å². The number of aryl methyl sites for hydroxylation is 1. The summed E-state index contributed by atoms with van der Waals surface area (Å²) in [6.07, 6.45) is 0.940. The molecule has 0 amide bonds. The molecule has 0 spiro atoms. The minimum absolute atomic E-state index is 0.631. The maximum Gasteiger partial charge on any atom is 0.119 e. The van der Waals surface area contributed by atoms with Crippen LogP contribution in [0.5, 0.6) is 0 Å². The van der Waals surface area contributed by atoms with E-state index in [-0.39, 0.29) is 0 Å². The molecule has 3 heteroatoms. The lowest BCUT2D eigenvalue weighted by Gasteiger charge is -2.06. The third-order valence-electron chi connectivity index (χ3n) is 2.44. The molecule has 1 aromatic heterocycles. The lowest BCUT2D eigenvalue weighted by Crippen LogP contribution is -1.98. The second-order valence-electron chi connectivity index (χ2n) is 3.41. The van der Waals surface area contributed by atoms with E-state index in [9.17, 15) is 9.50 Å². The van der Waals surface area contributed by atoms with Crippen LogP contribution in [0.2, 0.25) is 0 Å². The number of rotatable bonds is 2. The number of aliphatic hydroxyl groups is 1. The van der Waals surface area contributed by atoms with Crippen molar-refractivity contribution in [3.05, 3.63) is 36.0 Å². The smallest absolute Gasteiger partial charge is 0.119 e. The number of hydrogen-bond acceptors (Lipinski definition) is 1. The van der Waals surface area contributed by atoms with E-state index >= 15 is 0 Å². The first-order valence-electron chi connectivity index (χ1n) is 4.51. The van der Waals surface area contributed by atoms with Crippen LogP contribution in [0.1, 0.15) is 11.7 Å². The van der Waals surface area contributed by atoms with E-state index in [2.05, 4.69) is 0 Å². The lowest BCUT2D eigenvalue weighted by atomic mass is 10.1. The zero-order chi connectivity index (χ0) is 10.1. The van der Waals surface area contributed by atoms with Crippen molar-refractivity contribution in [2.75, 3.05) is 6.67 Å². The van der Waals surface area contributed by atoms with Crippen LogP contribution in [-0.2, 0) is 7.05 Å². The fourth-order valence-corrected chi connectivity index (χ4v) is 1.60.